The van der Waals surface area contributed by atoms with Crippen LogP contribution in [-0.2, 0) is 9.47 Å². The summed E-state index contributed by atoms with van der Waals surface area (Å²) in [7, 11) is 0. The van der Waals surface area contributed by atoms with Crippen LogP contribution < -0.4 is 10.6 Å². The van der Waals surface area contributed by atoms with E-state index in [1.807, 2.05) is 31.2 Å². The smallest absolute Gasteiger partial charge is 0.414 e. The maximum atomic E-state index is 11.7. The molecule has 96 valence electrons. The van der Waals surface area contributed by atoms with Crippen LogP contribution in [0.3, 0.4) is 0 Å². The Morgan fingerprint density at radius 1 is 1.56 bits per heavy atom. The van der Waals surface area contributed by atoms with Crippen LogP contribution in [0.25, 0.3) is 0 Å². The number of nitrogens with zero attached hydrogens (tertiary/aromatic N) is 1. The van der Waals surface area contributed by atoms with Gasteiger partial charge in [-0.05, 0) is 18.6 Å². The normalized spacial score (nSPS) is 18.6. The number of hydrogen-bond donors (Lipinski definition) is 1. The molecule has 1 fully saturated rings. The molecule has 1 unspecified atom stereocenters. The van der Waals surface area contributed by atoms with Gasteiger partial charge in [-0.1, -0.05) is 18.2 Å². The van der Waals surface area contributed by atoms with Crippen LogP contribution in [-0.4, -0.2) is 31.4 Å². The standard InChI is InChI=1S/C12H14N2O4/c1-8-4-2-3-5-10(8)14-6-9(18-12(14)16)7-17-11(13)15/h2-5,9H,6-7H2,1H3,(H2,13,15). The van der Waals surface area contributed by atoms with Crippen molar-refractivity contribution in [3.05, 3.63) is 29.8 Å². The molecule has 6 nitrogen and oxygen atoms in total. The first-order valence-corrected chi connectivity index (χ1v) is 5.54. The van der Waals surface area contributed by atoms with E-state index in [-0.39, 0.29) is 6.61 Å². The number of para-hydroxylation sites is 1. The van der Waals surface area contributed by atoms with Crippen molar-refractivity contribution < 1.29 is 19.1 Å². The molecule has 1 aliphatic heterocycles. The minimum atomic E-state index is -0.875. The summed E-state index contributed by atoms with van der Waals surface area (Å²) in [5.74, 6) is 0. The zero-order valence-electron chi connectivity index (χ0n) is 9.96. The van der Waals surface area contributed by atoms with Gasteiger partial charge in [0.05, 0.1) is 12.2 Å². The average molecular weight is 250 g/mol. The molecule has 0 aromatic heterocycles. The van der Waals surface area contributed by atoms with Gasteiger partial charge in [-0.25, -0.2) is 9.59 Å². The molecular weight excluding hydrogens is 236 g/mol. The molecule has 1 atom stereocenters. The first-order valence-electron chi connectivity index (χ1n) is 5.54. The predicted octanol–water partition coefficient (Wildman–Crippen LogP) is 1.42. The molecule has 0 bridgehead atoms. The van der Waals surface area contributed by atoms with Crippen LogP contribution in [0, 0.1) is 6.92 Å². The summed E-state index contributed by atoms with van der Waals surface area (Å²) >= 11 is 0. The van der Waals surface area contributed by atoms with Crippen molar-refractivity contribution in [2.45, 2.75) is 13.0 Å². The number of hydrogen-bond acceptors (Lipinski definition) is 4. The van der Waals surface area contributed by atoms with Crippen LogP contribution in [0.2, 0.25) is 0 Å². The summed E-state index contributed by atoms with van der Waals surface area (Å²) in [5.41, 5.74) is 6.63. The summed E-state index contributed by atoms with van der Waals surface area (Å²) in [6.07, 6.45) is -1.80. The van der Waals surface area contributed by atoms with E-state index in [4.69, 9.17) is 10.5 Å². The summed E-state index contributed by atoms with van der Waals surface area (Å²) in [6, 6.07) is 7.50. The number of nitrogens with two attached hydrogens (primary N) is 1. The van der Waals surface area contributed by atoms with Crippen LogP contribution in [0.1, 0.15) is 5.56 Å². The third-order valence-electron chi connectivity index (χ3n) is 2.69. The number of rotatable bonds is 3. The van der Waals surface area contributed by atoms with E-state index < -0.39 is 18.3 Å². The number of carbonyl (C=O) groups excluding carboxylic acids is 2. The largest absolute Gasteiger partial charge is 0.446 e. The maximum absolute atomic E-state index is 11.7. The first-order chi connectivity index (χ1) is 8.58. The highest BCUT2D eigenvalue weighted by molar-refractivity contribution is 5.90. The fourth-order valence-corrected chi connectivity index (χ4v) is 1.85. The van der Waals surface area contributed by atoms with E-state index in [1.54, 1.807) is 0 Å². The van der Waals surface area contributed by atoms with Gasteiger partial charge in [0.2, 0.25) is 0 Å². The van der Waals surface area contributed by atoms with Crippen molar-refractivity contribution in [3.63, 3.8) is 0 Å². The first kappa shape index (κ1) is 12.2. The molecule has 2 N–H and O–H groups in total. The van der Waals surface area contributed by atoms with Crippen molar-refractivity contribution in [2.24, 2.45) is 5.73 Å². The number of carbonyl (C=O) groups is 2. The minimum Gasteiger partial charge on any atom is -0.446 e. The summed E-state index contributed by atoms with van der Waals surface area (Å²) in [4.78, 5) is 23.7. The van der Waals surface area contributed by atoms with Crippen molar-refractivity contribution in [3.8, 4) is 0 Å². The molecule has 18 heavy (non-hydrogen) atoms. The topological polar surface area (TPSA) is 81.9 Å². The fourth-order valence-electron chi connectivity index (χ4n) is 1.85. The Bertz CT molecular complexity index is 475. The molecule has 2 amide bonds. The lowest BCUT2D eigenvalue weighted by Gasteiger charge is -2.15. The Labute approximate surface area is 104 Å². The fraction of sp³-hybridized carbons (Fsp3) is 0.333. The number of ether oxygens (including phenoxy) is 2. The molecule has 1 aromatic carbocycles. The van der Waals surface area contributed by atoms with Crippen molar-refractivity contribution in [1.29, 1.82) is 0 Å². The predicted molar refractivity (Wildman–Crippen MR) is 64.3 cm³/mol. The van der Waals surface area contributed by atoms with E-state index in [1.165, 1.54) is 4.90 Å². The van der Waals surface area contributed by atoms with Crippen LogP contribution in [0.4, 0.5) is 15.3 Å². The molecule has 1 heterocycles. The van der Waals surface area contributed by atoms with Crippen LogP contribution >= 0.6 is 0 Å². The van der Waals surface area contributed by atoms with E-state index >= 15 is 0 Å². The highest BCUT2D eigenvalue weighted by Gasteiger charge is 2.33. The second-order valence-electron chi connectivity index (χ2n) is 4.03. The van der Waals surface area contributed by atoms with E-state index in [0.29, 0.717) is 6.54 Å². The van der Waals surface area contributed by atoms with Crippen molar-refractivity contribution in [2.75, 3.05) is 18.1 Å². The Morgan fingerprint density at radius 2 is 2.28 bits per heavy atom. The lowest BCUT2D eigenvalue weighted by atomic mass is 10.2. The zero-order chi connectivity index (χ0) is 13.1. The SMILES string of the molecule is Cc1ccccc1N1CC(COC(N)=O)OC1=O. The minimum absolute atomic E-state index is 0.0244. The van der Waals surface area contributed by atoms with Crippen LogP contribution in [0.5, 0.6) is 0 Å². The van der Waals surface area contributed by atoms with E-state index in [0.717, 1.165) is 11.3 Å². The molecule has 2 rings (SSSR count). The zero-order valence-corrected chi connectivity index (χ0v) is 9.96. The van der Waals surface area contributed by atoms with E-state index in [9.17, 15) is 9.59 Å². The number of amides is 2. The van der Waals surface area contributed by atoms with Gasteiger partial charge in [0.25, 0.3) is 0 Å². The van der Waals surface area contributed by atoms with Crippen molar-refractivity contribution >= 4 is 17.9 Å². The highest BCUT2D eigenvalue weighted by Crippen LogP contribution is 2.24. The van der Waals surface area contributed by atoms with Gasteiger partial charge in [0.1, 0.15) is 6.61 Å². The van der Waals surface area contributed by atoms with Crippen LogP contribution in [0.15, 0.2) is 24.3 Å². The molecule has 0 radical (unpaired) electrons. The second kappa shape index (κ2) is 4.95. The second-order valence-corrected chi connectivity index (χ2v) is 4.03. The van der Waals surface area contributed by atoms with Gasteiger partial charge in [-0.2, -0.15) is 0 Å². The highest BCUT2D eigenvalue weighted by atomic mass is 16.6. The summed E-state index contributed by atoms with van der Waals surface area (Å²) in [6.45, 7) is 2.23. The van der Waals surface area contributed by atoms with Gasteiger partial charge < -0.3 is 15.2 Å². The Balaban J connectivity index is 2.06. The van der Waals surface area contributed by atoms with Gasteiger partial charge in [0.15, 0.2) is 6.10 Å². The Morgan fingerprint density at radius 3 is 2.94 bits per heavy atom. The number of anilines is 1. The monoisotopic (exact) mass is 250 g/mol. The van der Waals surface area contributed by atoms with Gasteiger partial charge in [-0.15, -0.1) is 0 Å². The molecule has 0 aliphatic carbocycles. The van der Waals surface area contributed by atoms with Gasteiger partial charge in [-0.3, -0.25) is 4.90 Å². The van der Waals surface area contributed by atoms with Gasteiger partial charge >= 0.3 is 12.2 Å². The Hall–Kier alpha value is -2.24. The molecule has 0 spiro atoms. The number of aryl methyl sites for hydroxylation is 1. The number of benzene rings is 1. The lowest BCUT2D eigenvalue weighted by Crippen LogP contribution is -2.28. The Kier molecular flexibility index (Phi) is 3.36. The number of cyclic esters (lactones) is 1. The summed E-state index contributed by atoms with van der Waals surface area (Å²) < 4.78 is 9.71. The molecule has 1 aromatic rings. The molecule has 6 heteroatoms. The quantitative estimate of drug-likeness (QED) is 0.879. The molecule has 1 saturated heterocycles. The lowest BCUT2D eigenvalue weighted by molar-refractivity contribution is 0.0778. The molecule has 0 saturated carbocycles. The third-order valence-corrected chi connectivity index (χ3v) is 2.69. The average Bonchev–Trinajstić information content (AvgIpc) is 2.69. The molecule has 1 aliphatic rings. The maximum Gasteiger partial charge on any atom is 0.414 e. The van der Waals surface area contributed by atoms with Gasteiger partial charge in [0, 0.05) is 0 Å². The van der Waals surface area contributed by atoms with Crippen molar-refractivity contribution in [1.82, 2.24) is 0 Å². The third kappa shape index (κ3) is 2.53. The molecular formula is C12H14N2O4. The summed E-state index contributed by atoms with van der Waals surface area (Å²) in [5, 5.41) is 0. The number of primary amides is 1. The van der Waals surface area contributed by atoms with E-state index in [2.05, 4.69) is 4.74 Å².